The maximum Gasteiger partial charge on any atom is 0.0559 e. The summed E-state index contributed by atoms with van der Waals surface area (Å²) < 4.78 is 0. The summed E-state index contributed by atoms with van der Waals surface area (Å²) in [5.74, 6) is 0. The maximum absolute atomic E-state index is 8.70. The quantitative estimate of drug-likeness (QED) is 0.520. The highest BCUT2D eigenvalue weighted by Gasteiger charge is 1.95. The Morgan fingerprint density at radius 3 is 2.12 bits per heavy atom. The Bertz CT molecular complexity index is 38.7. The molecular formula is C5H14O3. The molecule has 3 heteroatoms. The third kappa shape index (κ3) is 5.88. The van der Waals surface area contributed by atoms with Crippen LogP contribution in [0.5, 0.6) is 0 Å². The molecule has 0 spiro atoms. The lowest BCUT2D eigenvalue weighted by molar-refractivity contribution is 0.129. The van der Waals surface area contributed by atoms with Gasteiger partial charge >= 0.3 is 0 Å². The molecule has 0 aliphatic carbocycles. The predicted octanol–water partition coefficient (Wildman–Crippen LogP) is -0.685. The average molecular weight is 122 g/mol. The van der Waals surface area contributed by atoms with Gasteiger partial charge in [0.2, 0.25) is 0 Å². The summed E-state index contributed by atoms with van der Waals surface area (Å²) in [7, 11) is 0. The minimum atomic E-state index is -0.301. The van der Waals surface area contributed by atoms with Crippen LogP contribution in [0.4, 0.5) is 0 Å². The fraction of sp³-hybridized carbons (Fsp3) is 1.00. The molecule has 0 aromatic carbocycles. The maximum atomic E-state index is 8.70. The number of aliphatic hydroxyl groups is 2. The van der Waals surface area contributed by atoms with E-state index in [1.54, 1.807) is 0 Å². The molecule has 0 aliphatic rings. The SMILES string of the molecule is CCC(O)CCO.O. The Balaban J connectivity index is 0. The second kappa shape index (κ2) is 6.88. The number of hydrogen-bond acceptors (Lipinski definition) is 2. The molecule has 0 bridgehead atoms. The summed E-state index contributed by atoms with van der Waals surface area (Å²) in [4.78, 5) is 0. The zero-order chi connectivity index (χ0) is 5.70. The van der Waals surface area contributed by atoms with Gasteiger partial charge in [0.15, 0.2) is 0 Å². The van der Waals surface area contributed by atoms with Gasteiger partial charge in [-0.25, -0.2) is 0 Å². The molecule has 0 fully saturated rings. The second-order valence-electron chi connectivity index (χ2n) is 1.57. The third-order valence-electron chi connectivity index (χ3n) is 0.934. The summed E-state index contributed by atoms with van der Waals surface area (Å²) in [6.45, 7) is 1.98. The van der Waals surface area contributed by atoms with E-state index < -0.39 is 0 Å². The van der Waals surface area contributed by atoms with Crippen molar-refractivity contribution in [3.05, 3.63) is 0 Å². The lowest BCUT2D eigenvalue weighted by Crippen LogP contribution is -2.05. The molecule has 0 aromatic rings. The van der Waals surface area contributed by atoms with Crippen molar-refractivity contribution < 1.29 is 15.7 Å². The zero-order valence-electron chi connectivity index (χ0n) is 5.09. The van der Waals surface area contributed by atoms with Crippen LogP contribution < -0.4 is 0 Å². The number of rotatable bonds is 3. The molecule has 1 atom stereocenters. The van der Waals surface area contributed by atoms with Crippen LogP contribution in [0.1, 0.15) is 19.8 Å². The molecule has 0 saturated heterocycles. The lowest BCUT2D eigenvalue weighted by Gasteiger charge is -2.01. The van der Waals surface area contributed by atoms with Gasteiger partial charge in [0.1, 0.15) is 0 Å². The fourth-order valence-electron chi connectivity index (χ4n) is 0.353. The Hall–Kier alpha value is -0.120. The Morgan fingerprint density at radius 1 is 1.50 bits per heavy atom. The molecule has 52 valence electrons. The van der Waals surface area contributed by atoms with E-state index in [-0.39, 0.29) is 18.2 Å². The van der Waals surface area contributed by atoms with Crippen molar-refractivity contribution in [3.63, 3.8) is 0 Å². The van der Waals surface area contributed by atoms with Gasteiger partial charge in [-0.15, -0.1) is 0 Å². The first-order chi connectivity index (χ1) is 3.31. The van der Waals surface area contributed by atoms with Crippen molar-refractivity contribution in [2.24, 2.45) is 0 Å². The highest BCUT2D eigenvalue weighted by molar-refractivity contribution is 4.47. The molecule has 0 heterocycles. The molecule has 0 radical (unpaired) electrons. The van der Waals surface area contributed by atoms with Crippen LogP contribution in [0.2, 0.25) is 0 Å². The standard InChI is InChI=1S/C5H12O2.H2O/c1-2-5(7)3-4-6;/h5-7H,2-4H2,1H3;1H2. The summed E-state index contributed by atoms with van der Waals surface area (Å²) in [5.41, 5.74) is 0. The van der Waals surface area contributed by atoms with E-state index in [4.69, 9.17) is 10.2 Å². The largest absolute Gasteiger partial charge is 0.412 e. The van der Waals surface area contributed by atoms with Gasteiger partial charge in [0.25, 0.3) is 0 Å². The first-order valence-corrected chi connectivity index (χ1v) is 2.60. The monoisotopic (exact) mass is 122 g/mol. The van der Waals surface area contributed by atoms with E-state index in [0.29, 0.717) is 6.42 Å². The van der Waals surface area contributed by atoms with Gasteiger partial charge < -0.3 is 15.7 Å². The van der Waals surface area contributed by atoms with E-state index in [1.807, 2.05) is 6.92 Å². The average Bonchev–Trinajstić information content (AvgIpc) is 1.68. The van der Waals surface area contributed by atoms with Crippen LogP contribution in [0.3, 0.4) is 0 Å². The molecular weight excluding hydrogens is 108 g/mol. The Kier molecular flexibility index (Phi) is 9.28. The summed E-state index contributed by atoms with van der Waals surface area (Å²) in [5, 5.41) is 16.9. The topological polar surface area (TPSA) is 72.0 Å². The molecule has 0 aliphatic heterocycles. The van der Waals surface area contributed by atoms with Crippen molar-refractivity contribution in [2.45, 2.75) is 25.9 Å². The second-order valence-corrected chi connectivity index (χ2v) is 1.57. The smallest absolute Gasteiger partial charge is 0.0559 e. The molecule has 4 N–H and O–H groups in total. The predicted molar refractivity (Wildman–Crippen MR) is 31.6 cm³/mol. The van der Waals surface area contributed by atoms with E-state index in [1.165, 1.54) is 0 Å². The van der Waals surface area contributed by atoms with Gasteiger partial charge in [-0.3, -0.25) is 0 Å². The van der Waals surface area contributed by atoms with Crippen molar-refractivity contribution in [2.75, 3.05) is 6.61 Å². The number of aliphatic hydroxyl groups excluding tert-OH is 2. The van der Waals surface area contributed by atoms with E-state index in [0.717, 1.165) is 6.42 Å². The Labute approximate surface area is 49.3 Å². The zero-order valence-corrected chi connectivity index (χ0v) is 5.09. The Morgan fingerprint density at radius 2 is 2.00 bits per heavy atom. The molecule has 0 saturated carbocycles. The molecule has 0 aromatic heterocycles. The van der Waals surface area contributed by atoms with Gasteiger partial charge in [-0.2, -0.15) is 0 Å². The highest BCUT2D eigenvalue weighted by atomic mass is 16.3. The summed E-state index contributed by atoms with van der Waals surface area (Å²) in [6, 6.07) is 0. The molecule has 0 rings (SSSR count). The first kappa shape index (κ1) is 10.8. The van der Waals surface area contributed by atoms with Gasteiger partial charge in [0, 0.05) is 6.61 Å². The van der Waals surface area contributed by atoms with Crippen molar-refractivity contribution in [1.82, 2.24) is 0 Å². The normalized spacial score (nSPS) is 12.4. The van der Waals surface area contributed by atoms with Crippen LogP contribution in [0.25, 0.3) is 0 Å². The van der Waals surface area contributed by atoms with E-state index >= 15 is 0 Å². The number of hydrogen-bond donors (Lipinski definition) is 2. The molecule has 3 nitrogen and oxygen atoms in total. The molecule has 1 unspecified atom stereocenters. The van der Waals surface area contributed by atoms with Crippen molar-refractivity contribution in [3.8, 4) is 0 Å². The van der Waals surface area contributed by atoms with Crippen molar-refractivity contribution >= 4 is 0 Å². The minimum Gasteiger partial charge on any atom is -0.412 e. The van der Waals surface area contributed by atoms with Crippen LogP contribution in [0, 0.1) is 0 Å². The third-order valence-corrected chi connectivity index (χ3v) is 0.934. The van der Waals surface area contributed by atoms with Gasteiger partial charge in [-0.05, 0) is 12.8 Å². The van der Waals surface area contributed by atoms with E-state index in [2.05, 4.69) is 0 Å². The van der Waals surface area contributed by atoms with Crippen LogP contribution in [-0.4, -0.2) is 28.4 Å². The molecule has 0 amide bonds. The van der Waals surface area contributed by atoms with Crippen LogP contribution >= 0.6 is 0 Å². The van der Waals surface area contributed by atoms with Gasteiger partial charge in [0.05, 0.1) is 6.10 Å². The fourth-order valence-corrected chi connectivity index (χ4v) is 0.353. The highest BCUT2D eigenvalue weighted by Crippen LogP contribution is 1.92. The lowest BCUT2D eigenvalue weighted by atomic mass is 10.2. The summed E-state index contributed by atoms with van der Waals surface area (Å²) >= 11 is 0. The van der Waals surface area contributed by atoms with Gasteiger partial charge in [-0.1, -0.05) is 6.92 Å². The van der Waals surface area contributed by atoms with E-state index in [9.17, 15) is 0 Å². The van der Waals surface area contributed by atoms with Crippen LogP contribution in [0.15, 0.2) is 0 Å². The first-order valence-electron chi connectivity index (χ1n) is 2.60. The molecule has 8 heavy (non-hydrogen) atoms. The minimum absolute atomic E-state index is 0. The van der Waals surface area contributed by atoms with Crippen molar-refractivity contribution in [1.29, 1.82) is 0 Å². The van der Waals surface area contributed by atoms with Crippen LogP contribution in [-0.2, 0) is 0 Å². The summed E-state index contributed by atoms with van der Waals surface area (Å²) in [6.07, 6.45) is 0.946.